The van der Waals surface area contributed by atoms with E-state index >= 15 is 0 Å². The molecule has 13 heavy (non-hydrogen) atoms. The SMILES string of the molecule is CCN[Si](C)(CC)c1ccccc1. The summed E-state index contributed by atoms with van der Waals surface area (Å²) in [6.07, 6.45) is 0. The Bertz CT molecular complexity index is 248. The number of hydrogen-bond acceptors (Lipinski definition) is 1. The minimum Gasteiger partial charge on any atom is -0.334 e. The molecule has 0 saturated carbocycles. The van der Waals surface area contributed by atoms with Gasteiger partial charge in [-0.05, 0) is 17.8 Å². The molecule has 0 radical (unpaired) electrons. The van der Waals surface area contributed by atoms with Gasteiger partial charge < -0.3 is 4.98 Å². The Morgan fingerprint density at radius 3 is 2.23 bits per heavy atom. The van der Waals surface area contributed by atoms with E-state index in [1.165, 1.54) is 11.2 Å². The van der Waals surface area contributed by atoms with E-state index in [9.17, 15) is 0 Å². The maximum Gasteiger partial charge on any atom is 0.154 e. The summed E-state index contributed by atoms with van der Waals surface area (Å²) in [5, 5.41) is 1.51. The van der Waals surface area contributed by atoms with Crippen molar-refractivity contribution < 1.29 is 0 Å². The van der Waals surface area contributed by atoms with Crippen LogP contribution in [0.1, 0.15) is 13.8 Å². The smallest absolute Gasteiger partial charge is 0.154 e. The number of benzene rings is 1. The lowest BCUT2D eigenvalue weighted by molar-refractivity contribution is 0.958. The lowest BCUT2D eigenvalue weighted by Gasteiger charge is -2.27. The Morgan fingerprint density at radius 1 is 1.15 bits per heavy atom. The van der Waals surface area contributed by atoms with Gasteiger partial charge in [0.15, 0.2) is 8.24 Å². The van der Waals surface area contributed by atoms with Gasteiger partial charge >= 0.3 is 0 Å². The molecule has 1 N–H and O–H groups in total. The van der Waals surface area contributed by atoms with Crippen molar-refractivity contribution in [1.29, 1.82) is 0 Å². The molecule has 1 nitrogen and oxygen atoms in total. The van der Waals surface area contributed by atoms with E-state index < -0.39 is 8.24 Å². The topological polar surface area (TPSA) is 12.0 Å². The molecule has 0 aliphatic carbocycles. The Kier molecular flexibility index (Phi) is 3.69. The second-order valence-electron chi connectivity index (χ2n) is 3.58. The van der Waals surface area contributed by atoms with Gasteiger partial charge in [0.25, 0.3) is 0 Å². The Balaban J connectivity index is 2.89. The van der Waals surface area contributed by atoms with Crippen molar-refractivity contribution in [2.45, 2.75) is 26.4 Å². The molecule has 1 rings (SSSR count). The van der Waals surface area contributed by atoms with Crippen molar-refractivity contribution in [3.63, 3.8) is 0 Å². The largest absolute Gasteiger partial charge is 0.334 e. The van der Waals surface area contributed by atoms with Gasteiger partial charge in [0.1, 0.15) is 0 Å². The average Bonchev–Trinajstić information content (AvgIpc) is 2.19. The molecule has 0 fully saturated rings. The first-order valence-corrected chi connectivity index (χ1v) is 7.74. The predicted molar refractivity (Wildman–Crippen MR) is 61.9 cm³/mol. The molecule has 1 atom stereocenters. The third kappa shape index (κ3) is 2.42. The molecule has 1 aromatic carbocycles. The zero-order chi connectivity index (χ0) is 9.73. The summed E-state index contributed by atoms with van der Waals surface area (Å²) in [4.78, 5) is 3.66. The van der Waals surface area contributed by atoms with Crippen molar-refractivity contribution in [3.8, 4) is 0 Å². The first kappa shape index (κ1) is 10.5. The van der Waals surface area contributed by atoms with Gasteiger partial charge in [-0.1, -0.05) is 50.7 Å². The summed E-state index contributed by atoms with van der Waals surface area (Å²) in [6.45, 7) is 7.93. The Morgan fingerprint density at radius 2 is 1.77 bits per heavy atom. The highest BCUT2D eigenvalue weighted by Gasteiger charge is 2.25. The number of hydrogen-bond donors (Lipinski definition) is 1. The highest BCUT2D eigenvalue weighted by atomic mass is 28.3. The van der Waals surface area contributed by atoms with Gasteiger partial charge in [0.05, 0.1) is 0 Å². The Labute approximate surface area is 82.3 Å². The van der Waals surface area contributed by atoms with Crippen molar-refractivity contribution in [2.75, 3.05) is 6.54 Å². The molecule has 0 bridgehead atoms. The molecule has 0 aliphatic rings. The monoisotopic (exact) mass is 193 g/mol. The van der Waals surface area contributed by atoms with E-state index in [2.05, 4.69) is 55.7 Å². The summed E-state index contributed by atoms with van der Waals surface area (Å²) in [5.41, 5.74) is 0. The van der Waals surface area contributed by atoms with Gasteiger partial charge in [0.2, 0.25) is 0 Å². The quantitative estimate of drug-likeness (QED) is 0.722. The molecule has 0 aromatic heterocycles. The molecule has 72 valence electrons. The van der Waals surface area contributed by atoms with Crippen LogP contribution in [0.5, 0.6) is 0 Å². The molecule has 2 heteroatoms. The molecule has 0 amide bonds. The highest BCUT2D eigenvalue weighted by molar-refractivity contribution is 6.88. The van der Waals surface area contributed by atoms with E-state index in [1.807, 2.05) is 0 Å². The average molecular weight is 193 g/mol. The predicted octanol–water partition coefficient (Wildman–Crippen LogP) is 2.10. The second-order valence-corrected chi connectivity index (χ2v) is 7.88. The van der Waals surface area contributed by atoms with E-state index in [0.29, 0.717) is 0 Å². The number of rotatable bonds is 4. The van der Waals surface area contributed by atoms with Crippen LogP contribution in [0.3, 0.4) is 0 Å². The summed E-state index contributed by atoms with van der Waals surface area (Å²) in [6, 6.07) is 12.1. The summed E-state index contributed by atoms with van der Waals surface area (Å²) in [7, 11) is -1.35. The van der Waals surface area contributed by atoms with Crippen LogP contribution < -0.4 is 10.2 Å². The van der Waals surface area contributed by atoms with Crippen LogP contribution in [0.25, 0.3) is 0 Å². The minimum absolute atomic E-state index is 1.07. The van der Waals surface area contributed by atoms with Crippen molar-refractivity contribution in [3.05, 3.63) is 30.3 Å². The fourth-order valence-corrected chi connectivity index (χ4v) is 4.20. The van der Waals surface area contributed by atoms with Crippen LogP contribution in [0.4, 0.5) is 0 Å². The van der Waals surface area contributed by atoms with Gasteiger partial charge in [-0.3, -0.25) is 0 Å². The van der Waals surface area contributed by atoms with E-state index in [0.717, 1.165) is 6.54 Å². The van der Waals surface area contributed by atoms with Gasteiger partial charge in [-0.25, -0.2) is 0 Å². The molecule has 0 saturated heterocycles. The van der Waals surface area contributed by atoms with Gasteiger partial charge in [-0.2, -0.15) is 0 Å². The van der Waals surface area contributed by atoms with Gasteiger partial charge in [0, 0.05) is 0 Å². The fraction of sp³-hybridized carbons (Fsp3) is 0.455. The lowest BCUT2D eigenvalue weighted by atomic mass is 10.4. The van der Waals surface area contributed by atoms with Crippen LogP contribution in [0, 0.1) is 0 Å². The van der Waals surface area contributed by atoms with E-state index in [-0.39, 0.29) is 0 Å². The van der Waals surface area contributed by atoms with E-state index in [1.54, 1.807) is 0 Å². The highest BCUT2D eigenvalue weighted by Crippen LogP contribution is 2.05. The number of nitrogens with one attached hydrogen (secondary N) is 1. The standard InChI is InChI=1S/C11H19NSi/c1-4-12-13(3,5-2)11-9-7-6-8-10-11/h6-10,12H,4-5H2,1-3H3. The van der Waals surface area contributed by atoms with Crippen LogP contribution in [-0.4, -0.2) is 14.8 Å². The van der Waals surface area contributed by atoms with Crippen LogP contribution in [0.2, 0.25) is 12.6 Å². The zero-order valence-electron chi connectivity index (χ0n) is 8.80. The van der Waals surface area contributed by atoms with Crippen LogP contribution >= 0.6 is 0 Å². The van der Waals surface area contributed by atoms with Crippen molar-refractivity contribution in [1.82, 2.24) is 4.98 Å². The molecule has 0 heterocycles. The third-order valence-corrected chi connectivity index (χ3v) is 6.84. The molecular formula is C11H19NSi. The maximum absolute atomic E-state index is 3.66. The van der Waals surface area contributed by atoms with Crippen molar-refractivity contribution >= 4 is 13.4 Å². The zero-order valence-corrected chi connectivity index (χ0v) is 9.80. The van der Waals surface area contributed by atoms with Crippen LogP contribution in [-0.2, 0) is 0 Å². The third-order valence-electron chi connectivity index (χ3n) is 2.68. The second kappa shape index (κ2) is 4.58. The normalized spacial score (nSPS) is 15.3. The fourth-order valence-electron chi connectivity index (χ4n) is 1.63. The molecule has 1 aromatic rings. The lowest BCUT2D eigenvalue weighted by Crippen LogP contribution is -2.57. The van der Waals surface area contributed by atoms with E-state index in [4.69, 9.17) is 0 Å². The Hall–Kier alpha value is -0.603. The summed E-state index contributed by atoms with van der Waals surface area (Å²) >= 11 is 0. The maximum atomic E-state index is 3.66. The van der Waals surface area contributed by atoms with Gasteiger partial charge in [-0.15, -0.1) is 0 Å². The molecular weight excluding hydrogens is 174 g/mol. The summed E-state index contributed by atoms with van der Waals surface area (Å²) < 4.78 is 0. The molecule has 1 unspecified atom stereocenters. The summed E-state index contributed by atoms with van der Waals surface area (Å²) in [5.74, 6) is 0. The first-order chi connectivity index (χ1) is 6.23. The molecule has 0 spiro atoms. The van der Waals surface area contributed by atoms with Crippen molar-refractivity contribution in [2.24, 2.45) is 0 Å². The molecule has 0 aliphatic heterocycles. The first-order valence-electron chi connectivity index (χ1n) is 5.03. The van der Waals surface area contributed by atoms with Crippen LogP contribution in [0.15, 0.2) is 30.3 Å². The minimum atomic E-state index is -1.35.